The largest absolute Gasteiger partial charge is 0.480 e. The van der Waals surface area contributed by atoms with E-state index in [9.17, 15) is 13.2 Å². The number of halogens is 1. The van der Waals surface area contributed by atoms with Gasteiger partial charge in [0, 0.05) is 23.1 Å². The molecule has 1 fully saturated rings. The molecule has 7 heteroatoms. The molecule has 3 unspecified atom stereocenters. The van der Waals surface area contributed by atoms with Crippen LogP contribution < -0.4 is 10.1 Å². The Kier molecular flexibility index (Phi) is 3.17. The Bertz CT molecular complexity index is 673. The quantitative estimate of drug-likeness (QED) is 0.857. The number of carbonyl (C=O) groups is 1. The van der Waals surface area contributed by atoms with Crippen molar-refractivity contribution in [2.45, 2.75) is 36.8 Å². The number of rotatable bonds is 3. The van der Waals surface area contributed by atoms with Gasteiger partial charge in [-0.2, -0.15) is 0 Å². The monoisotopic (exact) mass is 315 g/mol. The molecule has 108 valence electrons. The van der Waals surface area contributed by atoms with Crippen molar-refractivity contribution in [3.05, 3.63) is 23.8 Å². The molecule has 1 saturated carbocycles. The Labute approximate surface area is 121 Å². The fourth-order valence-corrected chi connectivity index (χ4v) is 3.12. The summed E-state index contributed by atoms with van der Waals surface area (Å²) in [5, 5.41) is 2.92. The van der Waals surface area contributed by atoms with Crippen molar-refractivity contribution in [1.29, 1.82) is 0 Å². The van der Waals surface area contributed by atoms with Crippen molar-refractivity contribution in [3.8, 4) is 5.75 Å². The minimum absolute atomic E-state index is 0.0263. The molecule has 0 aromatic heterocycles. The second kappa shape index (κ2) is 4.63. The highest BCUT2D eigenvalue weighted by Gasteiger charge is 2.37. The molecule has 1 aliphatic carbocycles. The van der Waals surface area contributed by atoms with Crippen LogP contribution in [0, 0.1) is 5.92 Å². The summed E-state index contributed by atoms with van der Waals surface area (Å²) in [5.74, 6) is 0.916. The minimum Gasteiger partial charge on any atom is -0.480 e. The number of fused-ring (bicyclic) bond motifs is 1. The zero-order valence-electron chi connectivity index (χ0n) is 10.8. The molecule has 5 nitrogen and oxygen atoms in total. The molecule has 1 aliphatic heterocycles. The maximum absolute atomic E-state index is 12.0. The fourth-order valence-electron chi connectivity index (χ4n) is 2.32. The summed E-state index contributed by atoms with van der Waals surface area (Å²) >= 11 is 0. The van der Waals surface area contributed by atoms with Gasteiger partial charge in [0.1, 0.15) is 5.75 Å². The Morgan fingerprint density at radius 3 is 2.75 bits per heavy atom. The van der Waals surface area contributed by atoms with Crippen LogP contribution in [0.4, 0.5) is 0 Å². The average Bonchev–Trinajstić information content (AvgIpc) is 2.91. The van der Waals surface area contributed by atoms with Gasteiger partial charge in [0.2, 0.25) is 0 Å². The zero-order chi connectivity index (χ0) is 14.5. The van der Waals surface area contributed by atoms with Crippen molar-refractivity contribution in [2.24, 2.45) is 5.92 Å². The first-order valence-corrected chi connectivity index (χ1v) is 8.70. The summed E-state index contributed by atoms with van der Waals surface area (Å²) in [4.78, 5) is 12.0. The summed E-state index contributed by atoms with van der Waals surface area (Å²) in [7, 11) is 1.54. The van der Waals surface area contributed by atoms with Crippen LogP contribution >= 0.6 is 10.7 Å². The predicted octanol–water partition coefficient (Wildman–Crippen LogP) is 1.44. The van der Waals surface area contributed by atoms with Crippen LogP contribution in [-0.2, 0) is 20.3 Å². The topological polar surface area (TPSA) is 72.5 Å². The highest BCUT2D eigenvalue weighted by Crippen LogP contribution is 2.33. The molecule has 3 atom stereocenters. The highest BCUT2D eigenvalue weighted by atomic mass is 35.7. The first kappa shape index (κ1) is 13.7. The van der Waals surface area contributed by atoms with Gasteiger partial charge in [0.15, 0.2) is 6.10 Å². The molecule has 3 rings (SSSR count). The van der Waals surface area contributed by atoms with E-state index in [4.69, 9.17) is 15.4 Å². The number of ether oxygens (including phenoxy) is 1. The molecule has 2 aliphatic rings. The van der Waals surface area contributed by atoms with E-state index in [1.165, 1.54) is 18.2 Å². The van der Waals surface area contributed by atoms with Gasteiger partial charge >= 0.3 is 0 Å². The molecule has 1 aromatic rings. The van der Waals surface area contributed by atoms with Crippen LogP contribution in [0.5, 0.6) is 5.75 Å². The van der Waals surface area contributed by atoms with Gasteiger partial charge in [-0.1, -0.05) is 6.92 Å². The summed E-state index contributed by atoms with van der Waals surface area (Å²) in [5.41, 5.74) is 0.690. The Morgan fingerprint density at radius 2 is 2.15 bits per heavy atom. The molecule has 1 heterocycles. The number of carbonyl (C=O) groups excluding carboxylic acids is 1. The molecule has 0 bridgehead atoms. The van der Waals surface area contributed by atoms with E-state index >= 15 is 0 Å². The Balaban J connectivity index is 1.73. The lowest BCUT2D eigenvalue weighted by Crippen LogP contribution is -2.39. The SMILES string of the molecule is CC1CC1NC(=O)C1Cc2cc(S(=O)(=O)Cl)ccc2O1. The van der Waals surface area contributed by atoms with Crippen molar-refractivity contribution in [3.63, 3.8) is 0 Å². The predicted molar refractivity (Wildman–Crippen MR) is 73.3 cm³/mol. The first-order chi connectivity index (χ1) is 9.34. The van der Waals surface area contributed by atoms with E-state index in [1.807, 2.05) is 0 Å². The van der Waals surface area contributed by atoms with E-state index < -0.39 is 15.2 Å². The van der Waals surface area contributed by atoms with Crippen molar-refractivity contribution < 1.29 is 17.9 Å². The average molecular weight is 316 g/mol. The Morgan fingerprint density at radius 1 is 1.45 bits per heavy atom. The molecule has 1 N–H and O–H groups in total. The van der Waals surface area contributed by atoms with E-state index in [-0.39, 0.29) is 16.8 Å². The van der Waals surface area contributed by atoms with Gasteiger partial charge in [-0.25, -0.2) is 8.42 Å². The summed E-state index contributed by atoms with van der Waals surface area (Å²) in [6.07, 6.45) is 0.772. The van der Waals surface area contributed by atoms with Gasteiger partial charge in [-0.05, 0) is 36.1 Å². The van der Waals surface area contributed by atoms with Gasteiger partial charge in [0.25, 0.3) is 15.0 Å². The number of amides is 1. The van der Waals surface area contributed by atoms with Gasteiger partial charge < -0.3 is 10.1 Å². The van der Waals surface area contributed by atoms with Crippen LogP contribution in [0.3, 0.4) is 0 Å². The second-order valence-electron chi connectivity index (χ2n) is 5.35. The van der Waals surface area contributed by atoms with E-state index in [0.29, 0.717) is 23.7 Å². The lowest BCUT2D eigenvalue weighted by molar-refractivity contribution is -0.127. The molecule has 0 saturated heterocycles. The molecule has 20 heavy (non-hydrogen) atoms. The third kappa shape index (κ3) is 2.62. The summed E-state index contributed by atoms with van der Waals surface area (Å²) < 4.78 is 28.1. The van der Waals surface area contributed by atoms with E-state index in [1.54, 1.807) is 0 Å². The number of hydrogen-bond donors (Lipinski definition) is 1. The first-order valence-electron chi connectivity index (χ1n) is 6.39. The van der Waals surface area contributed by atoms with Crippen LogP contribution in [0.2, 0.25) is 0 Å². The third-order valence-electron chi connectivity index (χ3n) is 3.72. The van der Waals surface area contributed by atoms with Crippen molar-refractivity contribution >= 4 is 25.6 Å². The van der Waals surface area contributed by atoms with E-state index in [2.05, 4.69) is 12.2 Å². The lowest BCUT2D eigenvalue weighted by atomic mass is 10.1. The molecule has 1 amide bonds. The normalized spacial score (nSPS) is 27.6. The second-order valence-corrected chi connectivity index (χ2v) is 7.91. The Hall–Kier alpha value is -1.27. The summed E-state index contributed by atoms with van der Waals surface area (Å²) in [6.45, 7) is 2.08. The van der Waals surface area contributed by atoms with Gasteiger partial charge in [0.05, 0.1) is 4.90 Å². The van der Waals surface area contributed by atoms with E-state index in [0.717, 1.165) is 6.42 Å². The van der Waals surface area contributed by atoms with Gasteiger partial charge in [-0.3, -0.25) is 4.79 Å². The van der Waals surface area contributed by atoms with Crippen molar-refractivity contribution in [2.75, 3.05) is 0 Å². The molecule has 0 spiro atoms. The number of nitrogens with one attached hydrogen (secondary N) is 1. The zero-order valence-corrected chi connectivity index (χ0v) is 12.4. The molecular formula is C13H14ClNO4S. The minimum atomic E-state index is -3.76. The summed E-state index contributed by atoms with van der Waals surface area (Å²) in [6, 6.07) is 4.63. The fraction of sp³-hybridized carbons (Fsp3) is 0.462. The molecule has 0 radical (unpaired) electrons. The number of benzene rings is 1. The smallest absolute Gasteiger partial charge is 0.261 e. The van der Waals surface area contributed by atoms with Crippen molar-refractivity contribution in [1.82, 2.24) is 5.32 Å². The molecule has 1 aromatic carbocycles. The van der Waals surface area contributed by atoms with Crippen LogP contribution in [-0.4, -0.2) is 26.5 Å². The van der Waals surface area contributed by atoms with Crippen LogP contribution in [0.1, 0.15) is 18.9 Å². The maximum atomic E-state index is 12.0. The third-order valence-corrected chi connectivity index (χ3v) is 5.07. The van der Waals surface area contributed by atoms with Gasteiger partial charge in [-0.15, -0.1) is 0 Å². The lowest BCUT2D eigenvalue weighted by Gasteiger charge is -2.10. The number of hydrogen-bond acceptors (Lipinski definition) is 4. The maximum Gasteiger partial charge on any atom is 0.261 e. The highest BCUT2D eigenvalue weighted by molar-refractivity contribution is 8.13. The molecular weight excluding hydrogens is 302 g/mol. The van der Waals surface area contributed by atoms with Crippen LogP contribution in [0.25, 0.3) is 0 Å². The van der Waals surface area contributed by atoms with Crippen LogP contribution in [0.15, 0.2) is 23.1 Å². The standard InChI is InChI=1S/C13H14ClNO4S/c1-7-4-10(7)15-13(16)12-6-8-5-9(20(14,17)18)2-3-11(8)19-12/h2-3,5,7,10,12H,4,6H2,1H3,(H,15,16).